The van der Waals surface area contributed by atoms with E-state index in [1.807, 2.05) is 0 Å². The molecule has 1 N–H and O–H groups in total. The Kier molecular flexibility index (Phi) is 5.38. The van der Waals surface area contributed by atoms with E-state index < -0.39 is 16.0 Å². The van der Waals surface area contributed by atoms with Crippen LogP contribution >= 0.6 is 0 Å². The smallest absolute Gasteiger partial charge is 0.306 e. The molecule has 118 valence electrons. The lowest BCUT2D eigenvalue weighted by Crippen LogP contribution is -2.38. The summed E-state index contributed by atoms with van der Waals surface area (Å²) in [4.78, 5) is 14.2. The number of nitrogens with zero attached hydrogens (tertiary/aromatic N) is 1. The fraction of sp³-hybridized carbons (Fsp3) is 0.615. The predicted octanol–water partition coefficient (Wildman–Crippen LogP) is 0.747. The molecule has 0 bridgehead atoms. The molecule has 0 saturated carbocycles. The highest BCUT2D eigenvalue weighted by molar-refractivity contribution is 7.89. The number of hydrogen-bond donors (Lipinski definition) is 1. The van der Waals surface area contributed by atoms with Crippen LogP contribution in [0.25, 0.3) is 0 Å². The summed E-state index contributed by atoms with van der Waals surface area (Å²) in [5.41, 5.74) is 0. The van der Waals surface area contributed by atoms with Gasteiger partial charge in [0.2, 0.25) is 10.0 Å². The summed E-state index contributed by atoms with van der Waals surface area (Å²) in [6.45, 7) is 0.990. The van der Waals surface area contributed by atoms with E-state index in [9.17, 15) is 13.2 Å². The molecule has 7 nitrogen and oxygen atoms in total. The Bertz CT molecular complexity index is 549. The quantitative estimate of drug-likeness (QED) is 0.750. The van der Waals surface area contributed by atoms with Gasteiger partial charge in [-0.2, -0.15) is 4.31 Å². The van der Waals surface area contributed by atoms with Crippen LogP contribution in [-0.4, -0.2) is 56.6 Å². The lowest BCUT2D eigenvalue weighted by Gasteiger charge is -2.23. The number of carbonyl (C=O) groups excluding carboxylic acids is 1. The van der Waals surface area contributed by atoms with Gasteiger partial charge in [0.05, 0.1) is 24.5 Å². The lowest BCUT2D eigenvalue weighted by atomic mass is 10.2. The number of carbonyl (C=O) groups is 1. The molecule has 1 fully saturated rings. The molecule has 1 aromatic heterocycles. The van der Waals surface area contributed by atoms with Crippen LogP contribution in [0.2, 0.25) is 0 Å². The Morgan fingerprint density at radius 2 is 2.38 bits per heavy atom. The first-order valence-corrected chi connectivity index (χ1v) is 8.29. The Balaban J connectivity index is 2.11. The van der Waals surface area contributed by atoms with Crippen molar-refractivity contribution in [1.82, 2.24) is 9.29 Å². The van der Waals surface area contributed by atoms with Crippen molar-refractivity contribution in [2.45, 2.75) is 30.3 Å². The third-order valence-corrected chi connectivity index (χ3v) is 5.29. The van der Waals surface area contributed by atoms with Gasteiger partial charge in [-0.1, -0.05) is 0 Å². The van der Waals surface area contributed by atoms with Gasteiger partial charge < -0.3 is 14.5 Å². The van der Waals surface area contributed by atoms with E-state index >= 15 is 0 Å². The van der Waals surface area contributed by atoms with Gasteiger partial charge in [0.1, 0.15) is 0 Å². The number of esters is 1. The first-order chi connectivity index (χ1) is 10.0. The van der Waals surface area contributed by atoms with E-state index in [1.54, 1.807) is 6.20 Å². The second kappa shape index (κ2) is 7.06. The van der Waals surface area contributed by atoms with E-state index in [1.165, 1.54) is 23.7 Å². The minimum atomic E-state index is -3.63. The third-order valence-electron chi connectivity index (χ3n) is 3.43. The Morgan fingerprint density at radius 3 is 2.95 bits per heavy atom. The number of hydrogen-bond acceptors (Lipinski definition) is 5. The molecule has 1 aliphatic heterocycles. The maximum atomic E-state index is 12.6. The fourth-order valence-corrected chi connectivity index (χ4v) is 3.71. The summed E-state index contributed by atoms with van der Waals surface area (Å²) in [6.07, 6.45) is 4.65. The Morgan fingerprint density at radius 1 is 1.57 bits per heavy atom. The molecule has 0 spiro atoms. The van der Waals surface area contributed by atoms with Crippen molar-refractivity contribution < 1.29 is 22.7 Å². The largest absolute Gasteiger partial charge is 0.469 e. The molecular weight excluding hydrogens is 296 g/mol. The monoisotopic (exact) mass is 316 g/mol. The van der Waals surface area contributed by atoms with Gasteiger partial charge in [0.25, 0.3) is 0 Å². The molecule has 0 amide bonds. The van der Waals surface area contributed by atoms with Crippen LogP contribution in [0.1, 0.15) is 19.3 Å². The maximum absolute atomic E-state index is 12.6. The summed E-state index contributed by atoms with van der Waals surface area (Å²) < 4.78 is 36.5. The van der Waals surface area contributed by atoms with Gasteiger partial charge in [0.15, 0.2) is 0 Å². The predicted molar refractivity (Wildman–Crippen MR) is 75.2 cm³/mol. The topological polar surface area (TPSA) is 88.7 Å². The van der Waals surface area contributed by atoms with Crippen molar-refractivity contribution in [2.75, 3.05) is 26.8 Å². The van der Waals surface area contributed by atoms with Crippen molar-refractivity contribution in [2.24, 2.45) is 0 Å². The van der Waals surface area contributed by atoms with Crippen LogP contribution in [-0.2, 0) is 24.3 Å². The molecule has 8 heteroatoms. The molecule has 0 aliphatic carbocycles. The summed E-state index contributed by atoms with van der Waals surface area (Å²) in [7, 11) is -2.35. The summed E-state index contributed by atoms with van der Waals surface area (Å²) in [5, 5.41) is 0. The average Bonchev–Trinajstić information content (AvgIpc) is 3.15. The highest BCUT2D eigenvalue weighted by Gasteiger charge is 2.29. The zero-order chi connectivity index (χ0) is 15.3. The number of aromatic amines is 1. The van der Waals surface area contributed by atoms with E-state index in [0.717, 1.165) is 12.8 Å². The highest BCUT2D eigenvalue weighted by Crippen LogP contribution is 2.20. The molecule has 0 radical (unpaired) electrons. The Hall–Kier alpha value is -1.38. The maximum Gasteiger partial charge on any atom is 0.306 e. The van der Waals surface area contributed by atoms with Crippen molar-refractivity contribution in [1.29, 1.82) is 0 Å². The third kappa shape index (κ3) is 4.05. The second-order valence-electron chi connectivity index (χ2n) is 4.87. The van der Waals surface area contributed by atoms with Crippen LogP contribution in [0.4, 0.5) is 0 Å². The number of methoxy groups -OCH3 is 1. The molecule has 1 aromatic rings. The van der Waals surface area contributed by atoms with Crippen LogP contribution in [0.15, 0.2) is 23.4 Å². The van der Waals surface area contributed by atoms with Gasteiger partial charge in [-0.3, -0.25) is 4.79 Å². The standard InChI is InChI=1S/C13H20N2O5S/c1-19-13(16)5-7-15(10-11-3-2-8-20-11)21(17,18)12-4-6-14-9-12/h4,6,9,11,14H,2-3,5,7-8,10H2,1H3. The molecule has 2 rings (SSSR count). The van der Waals surface area contributed by atoms with Gasteiger partial charge in [-0.15, -0.1) is 0 Å². The summed E-state index contributed by atoms with van der Waals surface area (Å²) in [5.74, 6) is -0.434. The number of sulfonamides is 1. The van der Waals surface area contributed by atoms with Gasteiger partial charge >= 0.3 is 5.97 Å². The second-order valence-corrected chi connectivity index (χ2v) is 6.81. The van der Waals surface area contributed by atoms with Crippen LogP contribution in [0.3, 0.4) is 0 Å². The minimum Gasteiger partial charge on any atom is -0.469 e. The molecule has 1 aliphatic rings. The zero-order valence-electron chi connectivity index (χ0n) is 11.9. The molecule has 21 heavy (non-hydrogen) atoms. The van der Waals surface area contributed by atoms with E-state index in [4.69, 9.17) is 4.74 Å². The molecule has 0 aromatic carbocycles. The number of ether oxygens (including phenoxy) is 2. The van der Waals surface area contributed by atoms with E-state index in [2.05, 4.69) is 9.72 Å². The van der Waals surface area contributed by atoms with Crippen LogP contribution in [0, 0.1) is 0 Å². The summed E-state index contributed by atoms with van der Waals surface area (Å²) >= 11 is 0. The first kappa shape index (κ1) is 16.0. The van der Waals surface area contributed by atoms with Gasteiger partial charge in [-0.05, 0) is 18.9 Å². The molecular formula is C13H20N2O5S. The zero-order valence-corrected chi connectivity index (χ0v) is 12.8. The van der Waals surface area contributed by atoms with Crippen molar-refractivity contribution in [3.63, 3.8) is 0 Å². The average molecular weight is 316 g/mol. The van der Waals surface area contributed by atoms with Gasteiger partial charge in [-0.25, -0.2) is 8.42 Å². The van der Waals surface area contributed by atoms with Crippen molar-refractivity contribution in [3.05, 3.63) is 18.5 Å². The minimum absolute atomic E-state index is 0.0207. The first-order valence-electron chi connectivity index (χ1n) is 6.85. The van der Waals surface area contributed by atoms with Crippen LogP contribution < -0.4 is 0 Å². The van der Waals surface area contributed by atoms with Crippen LogP contribution in [0.5, 0.6) is 0 Å². The molecule has 1 unspecified atom stereocenters. The number of H-pyrrole nitrogens is 1. The molecule has 1 atom stereocenters. The molecule has 1 saturated heterocycles. The van der Waals surface area contributed by atoms with Gasteiger partial charge in [0, 0.05) is 32.1 Å². The lowest BCUT2D eigenvalue weighted by molar-refractivity contribution is -0.140. The van der Waals surface area contributed by atoms with Crippen molar-refractivity contribution >= 4 is 16.0 Å². The number of nitrogens with one attached hydrogen (secondary N) is 1. The fourth-order valence-electron chi connectivity index (χ4n) is 2.26. The normalized spacial score (nSPS) is 19.0. The number of aromatic nitrogens is 1. The highest BCUT2D eigenvalue weighted by atomic mass is 32.2. The summed E-state index contributed by atoms with van der Waals surface area (Å²) in [6, 6.07) is 1.50. The van der Waals surface area contributed by atoms with E-state index in [0.29, 0.717) is 6.61 Å². The van der Waals surface area contributed by atoms with E-state index in [-0.39, 0.29) is 30.5 Å². The molecule has 2 heterocycles. The van der Waals surface area contributed by atoms with Crippen molar-refractivity contribution in [3.8, 4) is 0 Å². The Labute approximate surface area is 124 Å². The SMILES string of the molecule is COC(=O)CCN(CC1CCCO1)S(=O)(=O)c1cc[nH]c1. The number of rotatable bonds is 7.